The van der Waals surface area contributed by atoms with Crippen LogP contribution in [0.15, 0.2) is 18.5 Å². The van der Waals surface area contributed by atoms with E-state index >= 15 is 0 Å². The summed E-state index contributed by atoms with van der Waals surface area (Å²) in [5, 5.41) is 0. The molecule has 0 fully saturated rings. The van der Waals surface area contributed by atoms with Gasteiger partial charge in [-0.1, -0.05) is 0 Å². The molecule has 0 spiro atoms. The summed E-state index contributed by atoms with van der Waals surface area (Å²) in [6, 6.07) is 1.68. The fourth-order valence-corrected chi connectivity index (χ4v) is 0.616. The molecule has 11 heavy (non-hydrogen) atoms. The smallest absolute Gasteiger partial charge is 0.241 e. The van der Waals surface area contributed by atoms with E-state index in [-0.39, 0.29) is 12.3 Å². The van der Waals surface area contributed by atoms with Crippen molar-refractivity contribution in [2.45, 2.75) is 6.42 Å². The highest BCUT2D eigenvalue weighted by molar-refractivity contribution is 5.76. The van der Waals surface area contributed by atoms with Crippen LogP contribution in [0.1, 0.15) is 5.82 Å². The first-order chi connectivity index (χ1) is 5.33. The summed E-state index contributed by atoms with van der Waals surface area (Å²) in [6.07, 6.45) is 3.27. The van der Waals surface area contributed by atoms with Gasteiger partial charge in [0.15, 0.2) is 0 Å². The molecule has 0 unspecified atom stereocenters. The highest BCUT2D eigenvalue weighted by atomic mass is 16.2. The van der Waals surface area contributed by atoms with E-state index in [1.165, 1.54) is 0 Å². The zero-order valence-corrected chi connectivity index (χ0v) is 5.82. The molecule has 1 aromatic heterocycles. The summed E-state index contributed by atoms with van der Waals surface area (Å²) in [4.78, 5) is 18.3. The summed E-state index contributed by atoms with van der Waals surface area (Å²) in [5.74, 6) is 5.04. The monoisotopic (exact) mass is 152 g/mol. The second kappa shape index (κ2) is 3.62. The maximum atomic E-state index is 10.7. The van der Waals surface area contributed by atoms with Gasteiger partial charge in [0.2, 0.25) is 5.91 Å². The van der Waals surface area contributed by atoms with Crippen LogP contribution in [0.4, 0.5) is 0 Å². The molecule has 1 aromatic rings. The van der Waals surface area contributed by atoms with Crippen LogP contribution in [0, 0.1) is 0 Å². The molecule has 0 atom stereocenters. The van der Waals surface area contributed by atoms with Gasteiger partial charge in [-0.2, -0.15) is 0 Å². The van der Waals surface area contributed by atoms with Gasteiger partial charge in [0, 0.05) is 12.4 Å². The maximum Gasteiger partial charge on any atom is 0.241 e. The van der Waals surface area contributed by atoms with Gasteiger partial charge < -0.3 is 0 Å². The molecular weight excluding hydrogens is 144 g/mol. The van der Waals surface area contributed by atoms with Crippen LogP contribution in [0.5, 0.6) is 0 Å². The number of carbonyl (C=O) groups excluding carboxylic acids is 1. The Morgan fingerprint density at radius 3 is 2.73 bits per heavy atom. The van der Waals surface area contributed by atoms with E-state index in [4.69, 9.17) is 5.84 Å². The lowest BCUT2D eigenvalue weighted by molar-refractivity contribution is -0.120. The lowest BCUT2D eigenvalue weighted by atomic mass is 10.4. The Morgan fingerprint density at radius 1 is 1.55 bits per heavy atom. The van der Waals surface area contributed by atoms with Crippen LogP contribution in [-0.4, -0.2) is 15.9 Å². The van der Waals surface area contributed by atoms with Crippen molar-refractivity contribution < 1.29 is 4.79 Å². The summed E-state index contributed by atoms with van der Waals surface area (Å²) in [5.41, 5.74) is 1.99. The van der Waals surface area contributed by atoms with Gasteiger partial charge in [0.25, 0.3) is 0 Å². The zero-order valence-electron chi connectivity index (χ0n) is 5.82. The van der Waals surface area contributed by atoms with Crippen molar-refractivity contribution in [2.24, 2.45) is 5.84 Å². The number of nitrogens with one attached hydrogen (secondary N) is 1. The van der Waals surface area contributed by atoms with E-state index in [0.29, 0.717) is 5.82 Å². The first-order valence-electron chi connectivity index (χ1n) is 3.08. The minimum absolute atomic E-state index is 0.122. The second-order valence-corrected chi connectivity index (χ2v) is 1.91. The summed E-state index contributed by atoms with van der Waals surface area (Å²) in [7, 11) is 0. The largest absolute Gasteiger partial charge is 0.294 e. The molecule has 1 amide bonds. The molecular formula is C6H8N4O. The number of nitrogens with zero attached hydrogens (tertiary/aromatic N) is 2. The predicted octanol–water partition coefficient (Wildman–Crippen LogP) is -0.991. The molecule has 3 N–H and O–H groups in total. The van der Waals surface area contributed by atoms with Gasteiger partial charge >= 0.3 is 0 Å². The number of hydrogen-bond acceptors (Lipinski definition) is 4. The summed E-state index contributed by atoms with van der Waals surface area (Å²) < 4.78 is 0. The van der Waals surface area contributed by atoms with E-state index in [2.05, 4.69) is 9.97 Å². The van der Waals surface area contributed by atoms with Crippen molar-refractivity contribution in [3.63, 3.8) is 0 Å². The average molecular weight is 152 g/mol. The first-order valence-corrected chi connectivity index (χ1v) is 3.08. The van der Waals surface area contributed by atoms with Gasteiger partial charge in [0.05, 0.1) is 6.42 Å². The van der Waals surface area contributed by atoms with Crippen LogP contribution < -0.4 is 11.3 Å². The average Bonchev–Trinajstić information content (AvgIpc) is 2.06. The Bertz CT molecular complexity index is 236. The highest BCUT2D eigenvalue weighted by Gasteiger charge is 2.01. The van der Waals surface area contributed by atoms with Crippen molar-refractivity contribution >= 4 is 5.91 Å². The summed E-state index contributed by atoms with van der Waals surface area (Å²) in [6.45, 7) is 0. The quantitative estimate of drug-likeness (QED) is 0.324. The number of hydrazine groups is 1. The second-order valence-electron chi connectivity index (χ2n) is 1.91. The van der Waals surface area contributed by atoms with Gasteiger partial charge in [-0.3, -0.25) is 10.2 Å². The number of hydrogen-bond donors (Lipinski definition) is 2. The van der Waals surface area contributed by atoms with Crippen molar-refractivity contribution in [1.82, 2.24) is 15.4 Å². The Balaban J connectivity index is 2.58. The van der Waals surface area contributed by atoms with Gasteiger partial charge in [0.1, 0.15) is 5.82 Å². The fourth-order valence-electron chi connectivity index (χ4n) is 0.616. The third-order valence-electron chi connectivity index (χ3n) is 1.10. The molecule has 1 rings (SSSR count). The Kier molecular flexibility index (Phi) is 2.51. The molecule has 1 heterocycles. The van der Waals surface area contributed by atoms with Gasteiger partial charge in [-0.25, -0.2) is 15.8 Å². The van der Waals surface area contributed by atoms with E-state index in [9.17, 15) is 4.79 Å². The third-order valence-corrected chi connectivity index (χ3v) is 1.10. The number of nitrogens with two attached hydrogens (primary N) is 1. The number of amides is 1. The lowest BCUT2D eigenvalue weighted by Gasteiger charge is -1.96. The SMILES string of the molecule is NNC(=O)Cc1ncccn1. The Hall–Kier alpha value is -1.49. The van der Waals surface area contributed by atoms with Crippen LogP contribution in [-0.2, 0) is 11.2 Å². The highest BCUT2D eigenvalue weighted by Crippen LogP contribution is 1.87. The summed E-state index contributed by atoms with van der Waals surface area (Å²) >= 11 is 0. The standard InChI is InChI=1S/C6H8N4O/c7-10-6(11)4-5-8-2-1-3-9-5/h1-3H,4,7H2,(H,10,11). The molecule has 0 aliphatic rings. The maximum absolute atomic E-state index is 10.7. The van der Waals surface area contributed by atoms with Crippen LogP contribution in [0.2, 0.25) is 0 Å². The van der Waals surface area contributed by atoms with Gasteiger partial charge in [-0.05, 0) is 6.07 Å². The fraction of sp³-hybridized carbons (Fsp3) is 0.167. The molecule has 0 aromatic carbocycles. The number of rotatable bonds is 2. The number of carbonyl (C=O) groups is 1. The van der Waals surface area contributed by atoms with E-state index in [1.54, 1.807) is 18.5 Å². The molecule has 0 saturated carbocycles. The molecule has 0 aliphatic carbocycles. The van der Waals surface area contributed by atoms with Crippen LogP contribution in [0.25, 0.3) is 0 Å². The minimum atomic E-state index is -0.295. The normalized spacial score (nSPS) is 9.18. The molecule has 0 radical (unpaired) electrons. The third kappa shape index (κ3) is 2.30. The molecule has 5 heteroatoms. The van der Waals surface area contributed by atoms with E-state index in [1.807, 2.05) is 5.43 Å². The minimum Gasteiger partial charge on any atom is -0.294 e. The van der Waals surface area contributed by atoms with Crippen LogP contribution in [0.3, 0.4) is 0 Å². The molecule has 58 valence electrons. The van der Waals surface area contributed by atoms with Gasteiger partial charge in [-0.15, -0.1) is 0 Å². The molecule has 0 bridgehead atoms. The first kappa shape index (κ1) is 7.62. The van der Waals surface area contributed by atoms with E-state index < -0.39 is 0 Å². The lowest BCUT2D eigenvalue weighted by Crippen LogP contribution is -2.31. The predicted molar refractivity (Wildman–Crippen MR) is 38.1 cm³/mol. The molecule has 5 nitrogen and oxygen atoms in total. The van der Waals surface area contributed by atoms with Crippen molar-refractivity contribution in [3.8, 4) is 0 Å². The van der Waals surface area contributed by atoms with E-state index in [0.717, 1.165) is 0 Å². The Labute approximate surface area is 63.6 Å². The number of aromatic nitrogens is 2. The van der Waals surface area contributed by atoms with Crippen molar-refractivity contribution in [2.75, 3.05) is 0 Å². The topological polar surface area (TPSA) is 80.9 Å². The van der Waals surface area contributed by atoms with Crippen LogP contribution >= 0.6 is 0 Å². The molecule has 0 aliphatic heterocycles. The molecule has 0 saturated heterocycles. The van der Waals surface area contributed by atoms with Crippen molar-refractivity contribution in [1.29, 1.82) is 0 Å². The Morgan fingerprint density at radius 2 is 2.18 bits per heavy atom. The zero-order chi connectivity index (χ0) is 8.10. The van der Waals surface area contributed by atoms with Crippen molar-refractivity contribution in [3.05, 3.63) is 24.3 Å².